The van der Waals surface area contributed by atoms with Crippen LogP contribution in [-0.2, 0) is 0 Å². The van der Waals surface area contributed by atoms with E-state index in [-0.39, 0.29) is 16.8 Å². The summed E-state index contributed by atoms with van der Waals surface area (Å²) in [4.78, 5) is 34.6. The van der Waals surface area contributed by atoms with E-state index in [0.717, 1.165) is 6.07 Å². The van der Waals surface area contributed by atoms with Crippen molar-refractivity contribution in [3.05, 3.63) is 63.6 Å². The van der Waals surface area contributed by atoms with Gasteiger partial charge in [0.1, 0.15) is 5.76 Å². The highest BCUT2D eigenvalue weighted by molar-refractivity contribution is 6.18. The molecule has 0 spiro atoms. The van der Waals surface area contributed by atoms with E-state index in [9.17, 15) is 19.7 Å². The van der Waals surface area contributed by atoms with E-state index in [1.165, 1.54) is 30.5 Å². The maximum atomic E-state index is 12.3. The molecule has 2 rings (SSSR count). The van der Waals surface area contributed by atoms with Gasteiger partial charge in [0, 0.05) is 17.7 Å². The Morgan fingerprint density at radius 1 is 1.32 bits per heavy atom. The van der Waals surface area contributed by atoms with Crippen molar-refractivity contribution in [3.63, 3.8) is 0 Å². The van der Waals surface area contributed by atoms with Gasteiger partial charge in [-0.15, -0.1) is 0 Å². The average molecular weight is 298 g/mol. The summed E-state index contributed by atoms with van der Waals surface area (Å²) in [5, 5.41) is 19.9. The Kier molecular flexibility index (Phi) is 4.13. The van der Waals surface area contributed by atoms with Crippen LogP contribution in [0.25, 0.3) is 0 Å². The van der Waals surface area contributed by atoms with Crippen molar-refractivity contribution in [1.82, 2.24) is 0 Å². The minimum Gasteiger partial charge on any atom is -0.469 e. The van der Waals surface area contributed by atoms with E-state index in [4.69, 9.17) is 9.68 Å². The lowest BCUT2D eigenvalue weighted by atomic mass is 9.91. The van der Waals surface area contributed by atoms with Gasteiger partial charge in [0.05, 0.1) is 22.8 Å². The molecule has 1 aromatic carbocycles. The van der Waals surface area contributed by atoms with Crippen molar-refractivity contribution in [2.45, 2.75) is 6.92 Å². The zero-order valence-corrected chi connectivity index (χ0v) is 11.5. The number of Topliss-reactive ketones (excluding diaryl/α,β-unsaturated/α-hetero) is 2. The molecule has 0 radical (unpaired) electrons. The second-order valence-electron chi connectivity index (χ2n) is 4.49. The summed E-state index contributed by atoms with van der Waals surface area (Å²) in [6.07, 6.45) is 1.29. The van der Waals surface area contributed by atoms with Crippen LogP contribution in [0.5, 0.6) is 0 Å². The molecular weight excluding hydrogens is 288 g/mol. The number of aryl methyl sites for hydroxylation is 1. The van der Waals surface area contributed by atoms with Crippen molar-refractivity contribution in [2.75, 3.05) is 0 Å². The Bertz CT molecular complexity index is 800. The molecule has 7 nitrogen and oxygen atoms in total. The molecule has 0 bridgehead atoms. The van der Waals surface area contributed by atoms with Crippen LogP contribution in [-0.4, -0.2) is 16.5 Å². The molecule has 1 atom stereocenters. The molecule has 0 fully saturated rings. The molecule has 0 aliphatic rings. The number of hydrogen-bond acceptors (Lipinski definition) is 6. The van der Waals surface area contributed by atoms with Gasteiger partial charge in [-0.05, 0) is 13.0 Å². The van der Waals surface area contributed by atoms with Crippen molar-refractivity contribution < 1.29 is 18.9 Å². The number of nitriles is 1. The normalized spacial score (nSPS) is 11.5. The summed E-state index contributed by atoms with van der Waals surface area (Å²) >= 11 is 0. The highest BCUT2D eigenvalue weighted by Gasteiger charge is 2.30. The third-order valence-corrected chi connectivity index (χ3v) is 3.12. The highest BCUT2D eigenvalue weighted by atomic mass is 16.6. The lowest BCUT2D eigenvalue weighted by molar-refractivity contribution is -0.384. The van der Waals surface area contributed by atoms with E-state index in [1.807, 2.05) is 0 Å². The number of rotatable bonds is 5. The minimum atomic E-state index is -1.57. The van der Waals surface area contributed by atoms with Gasteiger partial charge in [0.15, 0.2) is 17.5 Å². The van der Waals surface area contributed by atoms with Crippen LogP contribution in [0.3, 0.4) is 0 Å². The first-order chi connectivity index (χ1) is 10.5. The van der Waals surface area contributed by atoms with E-state index in [2.05, 4.69) is 0 Å². The van der Waals surface area contributed by atoms with Crippen molar-refractivity contribution in [3.8, 4) is 6.07 Å². The Morgan fingerprint density at radius 2 is 2.05 bits per heavy atom. The van der Waals surface area contributed by atoms with Gasteiger partial charge in [-0.2, -0.15) is 5.26 Å². The molecule has 0 amide bonds. The quantitative estimate of drug-likeness (QED) is 0.363. The van der Waals surface area contributed by atoms with E-state index in [0.29, 0.717) is 5.76 Å². The number of non-ortho nitro benzene ring substituents is 1. The monoisotopic (exact) mass is 298 g/mol. The van der Waals surface area contributed by atoms with Crippen molar-refractivity contribution >= 4 is 17.3 Å². The van der Waals surface area contributed by atoms with E-state index in [1.54, 1.807) is 13.0 Å². The lowest BCUT2D eigenvalue weighted by Gasteiger charge is -2.06. The fourth-order valence-corrected chi connectivity index (χ4v) is 1.97. The van der Waals surface area contributed by atoms with Crippen LogP contribution in [0.1, 0.15) is 26.5 Å². The van der Waals surface area contributed by atoms with Gasteiger partial charge < -0.3 is 4.42 Å². The molecule has 22 heavy (non-hydrogen) atoms. The SMILES string of the molecule is Cc1occc1C(=O)[C@H](C#N)C(=O)c1cccc([N+](=O)[O-])c1. The average Bonchev–Trinajstić information content (AvgIpc) is 2.94. The zero-order valence-electron chi connectivity index (χ0n) is 11.5. The second-order valence-corrected chi connectivity index (χ2v) is 4.49. The molecule has 1 heterocycles. The summed E-state index contributed by atoms with van der Waals surface area (Å²) in [7, 11) is 0. The van der Waals surface area contributed by atoms with Crippen molar-refractivity contribution in [1.29, 1.82) is 5.26 Å². The first-order valence-corrected chi connectivity index (χ1v) is 6.22. The number of carbonyl (C=O) groups is 2. The topological polar surface area (TPSA) is 114 Å². The molecule has 2 aromatic rings. The molecule has 0 saturated heterocycles. The predicted molar refractivity (Wildman–Crippen MR) is 74.3 cm³/mol. The summed E-state index contributed by atoms with van der Waals surface area (Å²) in [5.74, 6) is -2.74. The highest BCUT2D eigenvalue weighted by Crippen LogP contribution is 2.20. The number of nitrogens with zero attached hydrogens (tertiary/aromatic N) is 2. The smallest absolute Gasteiger partial charge is 0.270 e. The van der Waals surface area contributed by atoms with E-state index < -0.39 is 22.4 Å². The van der Waals surface area contributed by atoms with Crippen LogP contribution in [0.15, 0.2) is 41.0 Å². The number of carbonyl (C=O) groups excluding carboxylic acids is 2. The largest absolute Gasteiger partial charge is 0.469 e. The Labute approximate surface area is 124 Å². The number of furan rings is 1. The standard InChI is InChI=1S/C15H10N2O5/c1-9-12(5-6-22-9)15(19)13(8-16)14(18)10-3-2-4-11(7-10)17(20)21/h2-7,13H,1H3/t13-/m1/s1. The Morgan fingerprint density at radius 3 is 2.59 bits per heavy atom. The maximum Gasteiger partial charge on any atom is 0.270 e. The minimum absolute atomic E-state index is 0.0600. The van der Waals surface area contributed by atoms with Crippen LogP contribution < -0.4 is 0 Å². The van der Waals surface area contributed by atoms with Crippen LogP contribution in [0, 0.1) is 34.3 Å². The van der Waals surface area contributed by atoms with Crippen molar-refractivity contribution in [2.24, 2.45) is 5.92 Å². The molecular formula is C15H10N2O5. The fraction of sp³-hybridized carbons (Fsp3) is 0.133. The molecule has 0 N–H and O–H groups in total. The van der Waals surface area contributed by atoms with Gasteiger partial charge in [-0.25, -0.2) is 0 Å². The van der Waals surface area contributed by atoms with Gasteiger partial charge in [0.2, 0.25) is 0 Å². The number of nitro groups is 1. The van der Waals surface area contributed by atoms with Crippen LogP contribution in [0.2, 0.25) is 0 Å². The molecule has 7 heteroatoms. The number of hydrogen-bond donors (Lipinski definition) is 0. The van der Waals surface area contributed by atoms with Crippen LogP contribution in [0.4, 0.5) is 5.69 Å². The van der Waals surface area contributed by atoms with Crippen LogP contribution >= 0.6 is 0 Å². The molecule has 0 aliphatic carbocycles. The predicted octanol–water partition coefficient (Wildman–Crippen LogP) is 2.70. The van der Waals surface area contributed by atoms with Gasteiger partial charge >= 0.3 is 0 Å². The Hall–Kier alpha value is -3.27. The van der Waals surface area contributed by atoms with Gasteiger partial charge in [-0.1, -0.05) is 12.1 Å². The first kappa shape index (κ1) is 15.1. The van der Waals surface area contributed by atoms with Gasteiger partial charge in [0.25, 0.3) is 5.69 Å². The second kappa shape index (κ2) is 6.01. The first-order valence-electron chi connectivity index (χ1n) is 6.22. The number of nitro benzene ring substituents is 1. The fourth-order valence-electron chi connectivity index (χ4n) is 1.97. The third-order valence-electron chi connectivity index (χ3n) is 3.12. The molecule has 1 aromatic heterocycles. The summed E-state index contributed by atoms with van der Waals surface area (Å²) in [6.45, 7) is 1.54. The van der Waals surface area contributed by atoms with E-state index >= 15 is 0 Å². The summed E-state index contributed by atoms with van der Waals surface area (Å²) in [5.41, 5.74) is -0.199. The lowest BCUT2D eigenvalue weighted by Crippen LogP contribution is -2.23. The molecule has 110 valence electrons. The zero-order chi connectivity index (χ0) is 16.3. The molecule has 0 aliphatic heterocycles. The molecule has 0 saturated carbocycles. The van der Waals surface area contributed by atoms with Gasteiger partial charge in [-0.3, -0.25) is 19.7 Å². The summed E-state index contributed by atoms with van der Waals surface area (Å²) < 4.78 is 4.99. The number of benzene rings is 1. The maximum absolute atomic E-state index is 12.3. The number of ketones is 2. The third kappa shape index (κ3) is 2.76. The Balaban J connectivity index is 2.36. The summed E-state index contributed by atoms with van der Waals surface area (Å²) in [6, 6.07) is 7.95. The molecule has 0 unspecified atom stereocenters.